The van der Waals surface area contributed by atoms with Gasteiger partial charge in [0.1, 0.15) is 15.9 Å². The first-order valence-electron chi connectivity index (χ1n) is 20.3. The second-order valence-corrected chi connectivity index (χ2v) is 17.4. The molecule has 17 heteroatoms. The average molecular weight is 881 g/mol. The van der Waals surface area contributed by atoms with E-state index >= 15 is 0 Å². The van der Waals surface area contributed by atoms with Crippen LogP contribution in [-0.2, 0) is 0 Å². The lowest BCUT2D eigenvalue weighted by molar-refractivity contribution is 0.340. The summed E-state index contributed by atoms with van der Waals surface area (Å²) in [6, 6.07) is 15.0. The molecular formula is C44H48Cl2FN13S. The topological polar surface area (TPSA) is 169 Å². The van der Waals surface area contributed by atoms with Gasteiger partial charge in [-0.1, -0.05) is 29.3 Å². The molecule has 5 aromatic heterocycles. The molecule has 7 N–H and O–H groups in total. The van der Waals surface area contributed by atoms with Crippen molar-refractivity contribution in [2.24, 2.45) is 0 Å². The maximum atomic E-state index is 14.7. The normalized spacial score (nSPS) is 16.1. The van der Waals surface area contributed by atoms with Gasteiger partial charge in [-0.25, -0.2) is 14.4 Å². The fourth-order valence-corrected chi connectivity index (χ4v) is 8.48. The van der Waals surface area contributed by atoms with Gasteiger partial charge in [0.2, 0.25) is 11.9 Å². The number of benzene rings is 2. The van der Waals surface area contributed by atoms with E-state index in [1.807, 2.05) is 49.7 Å². The summed E-state index contributed by atoms with van der Waals surface area (Å²) in [6.45, 7) is 10.1. The maximum absolute atomic E-state index is 14.7. The van der Waals surface area contributed by atoms with E-state index in [9.17, 15) is 4.39 Å². The monoisotopic (exact) mass is 879 g/mol. The third kappa shape index (κ3) is 10.7. The van der Waals surface area contributed by atoms with Crippen molar-refractivity contribution in [3.63, 3.8) is 0 Å². The molecule has 2 saturated carbocycles. The molecule has 2 aliphatic carbocycles. The number of rotatable bonds is 12. The first-order valence-corrected chi connectivity index (χ1v) is 22.0. The SMILES string of the molecule is Cc1cc(Nc2nc(Nc3cc(C)c(-c4ccsc4)cc3F)ncc2Cl)n[nH]1.Cc1cc(Nc2nc(Nc3cc(C)c(C4CCC(NC5CC5)CC4)cc3C)ncc2Cl)n[nH]1. The molecule has 7 aromatic rings. The van der Waals surface area contributed by atoms with Crippen LogP contribution in [-0.4, -0.2) is 52.4 Å². The van der Waals surface area contributed by atoms with E-state index in [4.69, 9.17) is 23.2 Å². The Morgan fingerprint density at radius 3 is 1.74 bits per heavy atom. The molecule has 0 spiro atoms. The number of nitrogens with zero attached hydrogens (tertiary/aromatic N) is 6. The molecule has 2 fully saturated rings. The van der Waals surface area contributed by atoms with Crippen molar-refractivity contribution in [2.45, 2.75) is 91.1 Å². The van der Waals surface area contributed by atoms with Gasteiger partial charge in [-0.05, 0) is 147 Å². The van der Waals surface area contributed by atoms with Crippen molar-refractivity contribution in [2.75, 3.05) is 21.3 Å². The van der Waals surface area contributed by atoms with Gasteiger partial charge >= 0.3 is 0 Å². The van der Waals surface area contributed by atoms with E-state index in [0.29, 0.717) is 56.9 Å². The Hall–Kier alpha value is -5.61. The van der Waals surface area contributed by atoms with E-state index in [1.54, 1.807) is 23.6 Å². The third-order valence-electron chi connectivity index (χ3n) is 10.9. The summed E-state index contributed by atoms with van der Waals surface area (Å²) in [5.41, 5.74) is 9.97. The van der Waals surface area contributed by atoms with Gasteiger partial charge in [-0.2, -0.15) is 31.5 Å². The first-order chi connectivity index (χ1) is 29.4. The fraction of sp³-hybridized carbons (Fsp3) is 0.318. The molecule has 2 aromatic carbocycles. The van der Waals surface area contributed by atoms with Crippen molar-refractivity contribution in [3.8, 4) is 11.1 Å². The average Bonchev–Trinajstić information content (AvgIpc) is 3.52. The number of aryl methyl sites for hydroxylation is 5. The summed E-state index contributed by atoms with van der Waals surface area (Å²) in [5, 5.41) is 35.0. The highest BCUT2D eigenvalue weighted by molar-refractivity contribution is 7.08. The molecule has 0 atom stereocenters. The summed E-state index contributed by atoms with van der Waals surface area (Å²) in [5.74, 6) is 3.11. The minimum Gasteiger partial charge on any atom is -0.324 e. The Balaban J connectivity index is 0.000000171. The fourth-order valence-electron chi connectivity index (χ4n) is 7.55. The molecule has 5 heterocycles. The lowest BCUT2D eigenvalue weighted by Gasteiger charge is -2.31. The number of thiophene rings is 1. The second-order valence-electron chi connectivity index (χ2n) is 15.8. The number of H-pyrrole nitrogens is 2. The van der Waals surface area contributed by atoms with Crippen molar-refractivity contribution in [3.05, 3.63) is 115 Å². The molecule has 0 bridgehead atoms. The van der Waals surface area contributed by atoms with Gasteiger partial charge in [0.05, 0.1) is 18.1 Å². The van der Waals surface area contributed by atoms with E-state index in [0.717, 1.165) is 39.8 Å². The molecular weight excluding hydrogens is 833 g/mol. The Morgan fingerprint density at radius 2 is 1.21 bits per heavy atom. The van der Waals surface area contributed by atoms with E-state index in [-0.39, 0.29) is 11.8 Å². The molecule has 0 saturated heterocycles. The standard InChI is InChI=1S/C25H32ClN7.C19H16ClFN6S/c1-14-11-22(15(2)10-20(14)17-4-6-18(7-5-17)28-19-8-9-19)29-25-27-13-21(26)24(31-25)30-23-12-16(3)32-33-23;1-10-5-16(15(21)7-13(10)12-3-4-28-9-12)23-19-22-8-14(20)18(25-19)24-17-6-11(2)26-27-17/h10-13,17-19,28H,4-9H2,1-3H3,(H3,27,29,30,31,32,33);3-9H,1-2H3,(H3,22,23,24,25,26,27). The van der Waals surface area contributed by atoms with Gasteiger partial charge < -0.3 is 26.6 Å². The van der Waals surface area contributed by atoms with Crippen molar-refractivity contribution in [1.82, 2.24) is 45.6 Å². The summed E-state index contributed by atoms with van der Waals surface area (Å²) in [7, 11) is 0. The third-order valence-corrected chi connectivity index (χ3v) is 12.1. The summed E-state index contributed by atoms with van der Waals surface area (Å²) >= 11 is 14.0. The minimum atomic E-state index is -0.386. The molecule has 9 rings (SSSR count). The number of hydrogen-bond donors (Lipinski definition) is 7. The van der Waals surface area contributed by atoms with Gasteiger partial charge in [-0.3, -0.25) is 10.2 Å². The van der Waals surface area contributed by atoms with Gasteiger partial charge in [0, 0.05) is 41.3 Å². The van der Waals surface area contributed by atoms with Crippen molar-refractivity contribution in [1.29, 1.82) is 0 Å². The van der Waals surface area contributed by atoms with Gasteiger partial charge in [-0.15, -0.1) is 0 Å². The number of halogens is 3. The predicted molar refractivity (Wildman–Crippen MR) is 245 cm³/mol. The van der Waals surface area contributed by atoms with E-state index in [1.165, 1.54) is 67.5 Å². The van der Waals surface area contributed by atoms with Crippen LogP contribution < -0.4 is 26.6 Å². The largest absolute Gasteiger partial charge is 0.324 e. The van der Waals surface area contributed by atoms with Crippen LogP contribution in [0.5, 0.6) is 0 Å². The predicted octanol–water partition coefficient (Wildman–Crippen LogP) is 11.9. The molecule has 0 amide bonds. The Morgan fingerprint density at radius 1 is 0.656 bits per heavy atom. The van der Waals surface area contributed by atoms with E-state index in [2.05, 4.69) is 92.9 Å². The highest BCUT2D eigenvalue weighted by Crippen LogP contribution is 2.38. The molecule has 0 radical (unpaired) electrons. The minimum absolute atomic E-state index is 0.223. The lowest BCUT2D eigenvalue weighted by Crippen LogP contribution is -2.34. The van der Waals surface area contributed by atoms with Crippen LogP contribution in [0.1, 0.15) is 78.1 Å². The number of aromatic amines is 2. The summed E-state index contributed by atoms with van der Waals surface area (Å²) < 4.78 is 14.7. The molecule has 13 nitrogen and oxygen atoms in total. The Labute approximate surface area is 368 Å². The summed E-state index contributed by atoms with van der Waals surface area (Å²) in [6.07, 6.45) is 10.9. The maximum Gasteiger partial charge on any atom is 0.229 e. The Bertz CT molecular complexity index is 2620. The van der Waals surface area contributed by atoms with Crippen LogP contribution in [0.25, 0.3) is 11.1 Å². The number of aromatic nitrogens is 8. The van der Waals surface area contributed by atoms with Crippen LogP contribution >= 0.6 is 34.5 Å². The Kier molecular flexibility index (Phi) is 12.8. The van der Waals surface area contributed by atoms with Crippen molar-refractivity contribution < 1.29 is 4.39 Å². The van der Waals surface area contributed by atoms with Crippen LogP contribution in [0.15, 0.2) is 65.6 Å². The van der Waals surface area contributed by atoms with Gasteiger partial charge in [0.15, 0.2) is 23.3 Å². The van der Waals surface area contributed by atoms with Crippen LogP contribution in [0.2, 0.25) is 10.0 Å². The first kappa shape index (κ1) is 42.1. The van der Waals surface area contributed by atoms with Crippen LogP contribution in [0.3, 0.4) is 0 Å². The number of nitrogens with one attached hydrogen (secondary N) is 7. The zero-order chi connectivity index (χ0) is 42.6. The molecule has 2 aliphatic rings. The highest BCUT2D eigenvalue weighted by Gasteiger charge is 2.29. The molecule has 316 valence electrons. The number of hydrogen-bond acceptors (Lipinski definition) is 12. The zero-order valence-electron chi connectivity index (χ0n) is 34.6. The van der Waals surface area contributed by atoms with Crippen LogP contribution in [0.4, 0.5) is 50.9 Å². The molecule has 0 aliphatic heterocycles. The van der Waals surface area contributed by atoms with Gasteiger partial charge in [0.25, 0.3) is 0 Å². The smallest absolute Gasteiger partial charge is 0.229 e. The summed E-state index contributed by atoms with van der Waals surface area (Å²) in [4.78, 5) is 17.4. The highest BCUT2D eigenvalue weighted by atomic mass is 35.5. The molecule has 61 heavy (non-hydrogen) atoms. The quantitative estimate of drug-likeness (QED) is 0.0623. The van der Waals surface area contributed by atoms with Crippen molar-refractivity contribution >= 4 is 81.1 Å². The molecule has 0 unspecified atom stereocenters. The van der Waals surface area contributed by atoms with E-state index < -0.39 is 0 Å². The van der Waals surface area contributed by atoms with Crippen LogP contribution in [0, 0.1) is 40.4 Å². The second kappa shape index (κ2) is 18.6. The number of anilines is 8. The lowest BCUT2D eigenvalue weighted by atomic mass is 9.79. The zero-order valence-corrected chi connectivity index (χ0v) is 36.9.